The first-order valence-corrected chi connectivity index (χ1v) is 12.9. The van der Waals surface area contributed by atoms with Gasteiger partial charge in [-0.1, -0.05) is 19.3 Å². The molecule has 3 amide bonds. The van der Waals surface area contributed by atoms with E-state index in [-0.39, 0.29) is 17.7 Å². The number of fused-ring (bicyclic) bond motifs is 1. The van der Waals surface area contributed by atoms with Gasteiger partial charge >= 0.3 is 0 Å². The number of carbonyl (C=O) groups excluding carboxylic acids is 3. The molecular formula is C27H35N3O4. The molecule has 34 heavy (non-hydrogen) atoms. The van der Waals surface area contributed by atoms with Gasteiger partial charge in [-0.15, -0.1) is 0 Å². The third kappa shape index (κ3) is 5.04. The second-order valence-electron chi connectivity index (χ2n) is 10.5. The molecule has 2 aromatic rings. The number of nitrogens with one attached hydrogen (secondary N) is 3. The molecule has 0 bridgehead atoms. The average Bonchev–Trinajstić information content (AvgIpc) is 3.16. The van der Waals surface area contributed by atoms with Gasteiger partial charge in [0.2, 0.25) is 17.7 Å². The van der Waals surface area contributed by atoms with Crippen molar-refractivity contribution in [2.45, 2.75) is 89.0 Å². The Hall–Kier alpha value is -2.67. The van der Waals surface area contributed by atoms with Gasteiger partial charge in [-0.3, -0.25) is 19.7 Å². The van der Waals surface area contributed by atoms with E-state index in [1.807, 2.05) is 18.2 Å². The Bertz CT molecular complexity index is 1060. The fraction of sp³-hybridized carbons (Fsp3) is 0.593. The molecule has 5 rings (SSSR count). The maximum absolute atomic E-state index is 12.4. The summed E-state index contributed by atoms with van der Waals surface area (Å²) in [7, 11) is 0. The molecule has 1 spiro atoms. The second kappa shape index (κ2) is 9.90. The molecule has 1 unspecified atom stereocenters. The summed E-state index contributed by atoms with van der Waals surface area (Å²) in [6.45, 7) is 1.09. The third-order valence-electron chi connectivity index (χ3n) is 8.04. The second-order valence-corrected chi connectivity index (χ2v) is 10.5. The van der Waals surface area contributed by atoms with E-state index < -0.39 is 5.92 Å². The minimum atomic E-state index is -0.414. The summed E-state index contributed by atoms with van der Waals surface area (Å²) in [6.07, 6.45) is 14.2. The molecular weight excluding hydrogens is 430 g/mol. The highest BCUT2D eigenvalue weighted by molar-refractivity contribution is 6.03. The molecule has 0 radical (unpaired) electrons. The number of rotatable bonds is 10. The standard InChI is InChI=1S/C27H35N3O4/c31-24(6-3-1-2-4-13-28-19-15-27(16-19)11-5-12-27)29-18-7-9-23-21(14-18)22(17-34-23)20-8-10-25(32)30-26(20)33/h7,9,14,17,19-20,28H,1-6,8,10-13,15-16H2,(H,29,31)(H,30,32,33). The van der Waals surface area contributed by atoms with Gasteiger partial charge in [0, 0.05) is 35.5 Å². The van der Waals surface area contributed by atoms with Crippen LogP contribution in [-0.2, 0) is 14.4 Å². The van der Waals surface area contributed by atoms with Crippen LogP contribution in [0.15, 0.2) is 28.9 Å². The predicted molar refractivity (Wildman–Crippen MR) is 130 cm³/mol. The van der Waals surface area contributed by atoms with Crippen molar-refractivity contribution in [1.82, 2.24) is 10.6 Å². The SMILES string of the molecule is O=C1CCC(c2coc3ccc(NC(=O)CCCCCCNC4CC5(CCC5)C4)cc23)C(=O)N1. The lowest BCUT2D eigenvalue weighted by Crippen LogP contribution is -2.52. The summed E-state index contributed by atoms with van der Waals surface area (Å²) < 4.78 is 5.61. The van der Waals surface area contributed by atoms with Crippen molar-refractivity contribution in [2.75, 3.05) is 11.9 Å². The molecule has 7 heteroatoms. The lowest BCUT2D eigenvalue weighted by Gasteiger charge is -2.54. The van der Waals surface area contributed by atoms with E-state index in [4.69, 9.17) is 4.42 Å². The molecule has 1 aromatic heterocycles. The smallest absolute Gasteiger partial charge is 0.234 e. The third-order valence-corrected chi connectivity index (χ3v) is 8.04. The number of hydrogen-bond acceptors (Lipinski definition) is 5. The molecule has 1 aromatic carbocycles. The van der Waals surface area contributed by atoms with Crippen molar-refractivity contribution in [3.63, 3.8) is 0 Å². The maximum Gasteiger partial charge on any atom is 0.234 e. The topological polar surface area (TPSA) is 100 Å². The van der Waals surface area contributed by atoms with Gasteiger partial charge in [0.25, 0.3) is 0 Å². The monoisotopic (exact) mass is 465 g/mol. The minimum Gasteiger partial charge on any atom is -0.464 e. The lowest BCUT2D eigenvalue weighted by atomic mass is 9.54. The molecule has 1 saturated heterocycles. The van der Waals surface area contributed by atoms with E-state index in [2.05, 4.69) is 16.0 Å². The fourth-order valence-electron chi connectivity index (χ4n) is 5.90. The zero-order valence-electron chi connectivity index (χ0n) is 19.8. The first kappa shape index (κ1) is 23.1. The minimum absolute atomic E-state index is 0.00351. The van der Waals surface area contributed by atoms with Crippen LogP contribution in [0.1, 0.15) is 88.5 Å². The molecule has 3 fully saturated rings. The summed E-state index contributed by atoms with van der Waals surface area (Å²) in [5.41, 5.74) is 2.85. The van der Waals surface area contributed by atoms with E-state index in [1.165, 1.54) is 38.5 Å². The van der Waals surface area contributed by atoms with Crippen molar-refractivity contribution in [3.8, 4) is 0 Å². The zero-order chi connectivity index (χ0) is 23.5. The van der Waals surface area contributed by atoms with E-state index in [1.54, 1.807) is 6.26 Å². The quantitative estimate of drug-likeness (QED) is 0.347. The van der Waals surface area contributed by atoms with E-state index >= 15 is 0 Å². The Labute approximate surface area is 200 Å². The Morgan fingerprint density at radius 2 is 1.94 bits per heavy atom. The fourth-order valence-corrected chi connectivity index (χ4v) is 5.90. The van der Waals surface area contributed by atoms with Gasteiger partial charge in [0.1, 0.15) is 5.58 Å². The van der Waals surface area contributed by atoms with Crippen molar-refractivity contribution in [2.24, 2.45) is 5.41 Å². The van der Waals surface area contributed by atoms with Gasteiger partial charge in [-0.05, 0) is 75.1 Å². The predicted octanol–water partition coefficient (Wildman–Crippen LogP) is 4.76. The van der Waals surface area contributed by atoms with Gasteiger partial charge in [-0.2, -0.15) is 0 Å². The number of benzene rings is 1. The molecule has 2 saturated carbocycles. The van der Waals surface area contributed by atoms with Gasteiger partial charge in [0.15, 0.2) is 0 Å². The van der Waals surface area contributed by atoms with Gasteiger partial charge < -0.3 is 15.1 Å². The van der Waals surface area contributed by atoms with Crippen LogP contribution >= 0.6 is 0 Å². The maximum atomic E-state index is 12.4. The number of furan rings is 1. The van der Waals surface area contributed by atoms with Crippen LogP contribution in [0.5, 0.6) is 0 Å². The van der Waals surface area contributed by atoms with Crippen LogP contribution in [0.3, 0.4) is 0 Å². The molecule has 182 valence electrons. The molecule has 2 heterocycles. The van der Waals surface area contributed by atoms with Gasteiger partial charge in [-0.25, -0.2) is 0 Å². The molecule has 1 atom stereocenters. The largest absolute Gasteiger partial charge is 0.464 e. The zero-order valence-corrected chi connectivity index (χ0v) is 19.8. The first-order valence-electron chi connectivity index (χ1n) is 12.9. The first-order chi connectivity index (χ1) is 16.5. The van der Waals surface area contributed by atoms with E-state index in [0.29, 0.717) is 30.5 Å². The number of carbonyl (C=O) groups is 3. The van der Waals surface area contributed by atoms with Crippen molar-refractivity contribution >= 4 is 34.4 Å². The normalized spacial score (nSPS) is 21.8. The number of anilines is 1. The molecule has 1 aliphatic heterocycles. The highest BCUT2D eigenvalue weighted by atomic mass is 16.3. The Kier molecular flexibility index (Phi) is 6.73. The Morgan fingerprint density at radius 3 is 2.71 bits per heavy atom. The van der Waals surface area contributed by atoms with Crippen molar-refractivity contribution in [3.05, 3.63) is 30.0 Å². The Balaban J connectivity index is 1.02. The highest BCUT2D eigenvalue weighted by Crippen LogP contribution is 2.55. The van der Waals surface area contributed by atoms with Crippen LogP contribution in [-0.4, -0.2) is 30.3 Å². The summed E-state index contributed by atoms with van der Waals surface area (Å²) in [6, 6.07) is 6.23. The van der Waals surface area contributed by atoms with Crippen LogP contribution < -0.4 is 16.0 Å². The van der Waals surface area contributed by atoms with Gasteiger partial charge in [0.05, 0.1) is 12.2 Å². The molecule has 3 N–H and O–H groups in total. The van der Waals surface area contributed by atoms with Crippen LogP contribution in [0, 0.1) is 5.41 Å². The molecule has 2 aliphatic carbocycles. The number of imide groups is 1. The van der Waals surface area contributed by atoms with Crippen molar-refractivity contribution in [1.29, 1.82) is 0 Å². The van der Waals surface area contributed by atoms with Crippen LogP contribution in [0.4, 0.5) is 5.69 Å². The Morgan fingerprint density at radius 1 is 1.12 bits per heavy atom. The highest BCUT2D eigenvalue weighted by Gasteiger charge is 2.47. The summed E-state index contributed by atoms with van der Waals surface area (Å²) >= 11 is 0. The van der Waals surface area contributed by atoms with E-state index in [0.717, 1.165) is 48.2 Å². The summed E-state index contributed by atoms with van der Waals surface area (Å²) in [4.78, 5) is 36.2. The number of hydrogen-bond donors (Lipinski definition) is 3. The van der Waals surface area contributed by atoms with Crippen molar-refractivity contribution < 1.29 is 18.8 Å². The lowest BCUT2D eigenvalue weighted by molar-refractivity contribution is -0.134. The number of unbranched alkanes of at least 4 members (excludes halogenated alkanes) is 3. The number of amides is 3. The average molecular weight is 466 g/mol. The van der Waals surface area contributed by atoms with Crippen LogP contribution in [0.25, 0.3) is 11.0 Å². The summed E-state index contributed by atoms with van der Waals surface area (Å²) in [5.74, 6) is -0.941. The number of piperidine rings is 1. The molecule has 7 nitrogen and oxygen atoms in total. The molecule has 3 aliphatic rings. The van der Waals surface area contributed by atoms with E-state index in [9.17, 15) is 14.4 Å². The summed E-state index contributed by atoms with van der Waals surface area (Å²) in [5, 5.41) is 9.86. The van der Waals surface area contributed by atoms with Crippen LogP contribution in [0.2, 0.25) is 0 Å².